The Kier molecular flexibility index (Phi) is 5.95. The summed E-state index contributed by atoms with van der Waals surface area (Å²) in [6.07, 6.45) is -0.220. The number of nitrogens with one attached hydrogen (secondary N) is 1. The third-order valence-corrected chi connectivity index (χ3v) is 2.94. The summed E-state index contributed by atoms with van der Waals surface area (Å²) in [7, 11) is 0. The van der Waals surface area contributed by atoms with Crippen LogP contribution in [-0.2, 0) is 11.3 Å². The number of hydrogen-bond acceptors (Lipinski definition) is 3. The Morgan fingerprint density at radius 3 is 2.83 bits per heavy atom. The van der Waals surface area contributed by atoms with Crippen molar-refractivity contribution in [3.05, 3.63) is 35.9 Å². The Morgan fingerprint density at radius 2 is 2.17 bits per heavy atom. The standard InChI is InChI=1S/C13H18N2O2.ClH/c1-11-9-14-7-8-15(11)13(16)17-10-12-5-3-2-4-6-12;/h2-6,11,14H,7-10H2,1H3;1H/t11-;/m0./s1. The normalized spacial score (nSPS) is 18.9. The average Bonchev–Trinajstić information content (AvgIpc) is 2.38. The van der Waals surface area contributed by atoms with Crippen LogP contribution >= 0.6 is 12.4 Å². The molecule has 5 heteroatoms. The van der Waals surface area contributed by atoms with E-state index in [0.29, 0.717) is 6.61 Å². The van der Waals surface area contributed by atoms with Gasteiger partial charge in [-0.05, 0) is 12.5 Å². The Labute approximate surface area is 114 Å². The highest BCUT2D eigenvalue weighted by molar-refractivity contribution is 5.85. The minimum absolute atomic E-state index is 0. The SMILES string of the molecule is C[C@H]1CNCCN1C(=O)OCc1ccccc1.Cl. The molecule has 0 radical (unpaired) electrons. The van der Waals surface area contributed by atoms with E-state index in [4.69, 9.17) is 4.74 Å². The van der Waals surface area contributed by atoms with Crippen LogP contribution in [-0.4, -0.2) is 36.7 Å². The van der Waals surface area contributed by atoms with Gasteiger partial charge in [-0.2, -0.15) is 0 Å². The van der Waals surface area contributed by atoms with Crippen molar-refractivity contribution in [1.29, 1.82) is 0 Å². The molecule has 1 amide bonds. The van der Waals surface area contributed by atoms with Gasteiger partial charge in [0.05, 0.1) is 0 Å². The summed E-state index contributed by atoms with van der Waals surface area (Å²) < 4.78 is 5.30. The number of ether oxygens (including phenoxy) is 1. The lowest BCUT2D eigenvalue weighted by Crippen LogP contribution is -2.52. The minimum atomic E-state index is -0.220. The summed E-state index contributed by atoms with van der Waals surface area (Å²) in [6, 6.07) is 9.94. The van der Waals surface area contributed by atoms with Gasteiger partial charge in [0, 0.05) is 25.7 Å². The zero-order valence-corrected chi connectivity index (χ0v) is 11.3. The summed E-state index contributed by atoms with van der Waals surface area (Å²) in [4.78, 5) is 13.6. The van der Waals surface area contributed by atoms with Crippen LogP contribution < -0.4 is 5.32 Å². The lowest BCUT2D eigenvalue weighted by Gasteiger charge is -2.32. The molecule has 0 spiro atoms. The van der Waals surface area contributed by atoms with Crippen LogP contribution in [0.25, 0.3) is 0 Å². The average molecular weight is 271 g/mol. The molecule has 1 fully saturated rings. The summed E-state index contributed by atoms with van der Waals surface area (Å²) in [5, 5.41) is 3.24. The quantitative estimate of drug-likeness (QED) is 0.894. The molecule has 1 atom stereocenters. The van der Waals surface area contributed by atoms with Gasteiger partial charge >= 0.3 is 6.09 Å². The maximum absolute atomic E-state index is 11.9. The number of nitrogens with zero attached hydrogens (tertiary/aromatic N) is 1. The highest BCUT2D eigenvalue weighted by Gasteiger charge is 2.23. The fraction of sp³-hybridized carbons (Fsp3) is 0.462. The lowest BCUT2D eigenvalue weighted by molar-refractivity contribution is 0.0759. The molecule has 1 N–H and O–H groups in total. The van der Waals surface area contributed by atoms with E-state index in [1.165, 1.54) is 0 Å². The van der Waals surface area contributed by atoms with Crippen molar-refractivity contribution in [2.24, 2.45) is 0 Å². The van der Waals surface area contributed by atoms with E-state index in [1.54, 1.807) is 4.90 Å². The molecule has 1 aliphatic rings. The molecule has 100 valence electrons. The lowest BCUT2D eigenvalue weighted by atomic mass is 10.2. The fourth-order valence-electron chi connectivity index (χ4n) is 1.91. The van der Waals surface area contributed by atoms with Gasteiger partial charge < -0.3 is 15.0 Å². The molecular formula is C13H19ClN2O2. The summed E-state index contributed by atoms with van der Waals surface area (Å²) >= 11 is 0. The van der Waals surface area contributed by atoms with Crippen LogP contribution in [0.2, 0.25) is 0 Å². The third-order valence-electron chi connectivity index (χ3n) is 2.94. The number of piperazine rings is 1. The zero-order valence-electron chi connectivity index (χ0n) is 10.5. The van der Waals surface area contributed by atoms with Crippen molar-refractivity contribution >= 4 is 18.5 Å². The molecule has 18 heavy (non-hydrogen) atoms. The van der Waals surface area contributed by atoms with Crippen LogP contribution in [0.3, 0.4) is 0 Å². The van der Waals surface area contributed by atoms with Gasteiger partial charge in [-0.1, -0.05) is 30.3 Å². The van der Waals surface area contributed by atoms with Crippen LogP contribution in [0, 0.1) is 0 Å². The fourth-order valence-corrected chi connectivity index (χ4v) is 1.91. The van der Waals surface area contributed by atoms with E-state index in [2.05, 4.69) is 5.32 Å². The van der Waals surface area contributed by atoms with Crippen molar-refractivity contribution in [2.45, 2.75) is 19.6 Å². The van der Waals surface area contributed by atoms with E-state index in [-0.39, 0.29) is 24.5 Å². The number of rotatable bonds is 2. The van der Waals surface area contributed by atoms with Crippen molar-refractivity contribution in [3.8, 4) is 0 Å². The van der Waals surface area contributed by atoms with Crippen LogP contribution in [0.15, 0.2) is 30.3 Å². The summed E-state index contributed by atoms with van der Waals surface area (Å²) in [5.41, 5.74) is 1.02. The van der Waals surface area contributed by atoms with E-state index in [0.717, 1.165) is 25.2 Å². The Morgan fingerprint density at radius 1 is 1.44 bits per heavy atom. The second-order valence-corrected chi connectivity index (χ2v) is 4.29. The Balaban J connectivity index is 0.00000162. The Bertz CT molecular complexity index is 373. The number of hydrogen-bond donors (Lipinski definition) is 1. The molecule has 1 aromatic rings. The van der Waals surface area contributed by atoms with E-state index < -0.39 is 0 Å². The summed E-state index contributed by atoms with van der Waals surface area (Å²) in [5.74, 6) is 0. The van der Waals surface area contributed by atoms with Crippen LogP contribution in [0.1, 0.15) is 12.5 Å². The highest BCUT2D eigenvalue weighted by atomic mass is 35.5. The molecule has 0 unspecified atom stereocenters. The molecule has 4 nitrogen and oxygen atoms in total. The number of halogens is 1. The van der Waals surface area contributed by atoms with Gasteiger partial charge in [-0.3, -0.25) is 0 Å². The molecule has 0 bridgehead atoms. The van der Waals surface area contributed by atoms with E-state index >= 15 is 0 Å². The zero-order chi connectivity index (χ0) is 12.1. The highest BCUT2D eigenvalue weighted by Crippen LogP contribution is 2.07. The van der Waals surface area contributed by atoms with Crippen molar-refractivity contribution < 1.29 is 9.53 Å². The molecular weight excluding hydrogens is 252 g/mol. The molecule has 1 heterocycles. The van der Waals surface area contributed by atoms with Crippen LogP contribution in [0.4, 0.5) is 4.79 Å². The van der Waals surface area contributed by atoms with Crippen molar-refractivity contribution in [1.82, 2.24) is 10.2 Å². The number of benzene rings is 1. The molecule has 1 aliphatic heterocycles. The van der Waals surface area contributed by atoms with Gasteiger partial charge in [-0.25, -0.2) is 4.79 Å². The molecule has 1 saturated heterocycles. The van der Waals surface area contributed by atoms with E-state index in [9.17, 15) is 4.79 Å². The Hall–Kier alpha value is -1.26. The third kappa shape index (κ3) is 3.89. The first-order valence-electron chi connectivity index (χ1n) is 5.95. The molecule has 1 aromatic carbocycles. The molecule has 0 aliphatic carbocycles. The van der Waals surface area contributed by atoms with Gasteiger partial charge in [0.2, 0.25) is 0 Å². The first-order chi connectivity index (χ1) is 8.27. The van der Waals surface area contributed by atoms with Gasteiger partial charge in [-0.15, -0.1) is 12.4 Å². The number of amides is 1. The maximum Gasteiger partial charge on any atom is 0.410 e. The van der Waals surface area contributed by atoms with E-state index in [1.807, 2.05) is 37.3 Å². The second kappa shape index (κ2) is 7.24. The van der Waals surface area contributed by atoms with Gasteiger partial charge in [0.15, 0.2) is 0 Å². The first-order valence-corrected chi connectivity index (χ1v) is 5.95. The predicted molar refractivity (Wildman–Crippen MR) is 72.9 cm³/mol. The maximum atomic E-state index is 11.9. The van der Waals surface area contributed by atoms with Gasteiger partial charge in [0.1, 0.15) is 6.61 Å². The smallest absolute Gasteiger partial charge is 0.410 e. The van der Waals surface area contributed by atoms with Crippen molar-refractivity contribution in [2.75, 3.05) is 19.6 Å². The summed E-state index contributed by atoms with van der Waals surface area (Å²) in [6.45, 7) is 4.76. The molecule has 2 rings (SSSR count). The second-order valence-electron chi connectivity index (χ2n) is 4.29. The predicted octanol–water partition coefficient (Wildman–Crippen LogP) is 2.04. The minimum Gasteiger partial charge on any atom is -0.445 e. The largest absolute Gasteiger partial charge is 0.445 e. The van der Waals surface area contributed by atoms with Crippen LogP contribution in [0.5, 0.6) is 0 Å². The monoisotopic (exact) mass is 270 g/mol. The number of carbonyl (C=O) groups excluding carboxylic acids is 1. The van der Waals surface area contributed by atoms with Crippen molar-refractivity contribution in [3.63, 3.8) is 0 Å². The number of carbonyl (C=O) groups is 1. The molecule has 0 saturated carbocycles. The molecule has 0 aromatic heterocycles. The van der Waals surface area contributed by atoms with Gasteiger partial charge in [0.25, 0.3) is 0 Å². The first kappa shape index (κ1) is 14.8. The topological polar surface area (TPSA) is 41.6 Å².